The molecule has 7 nitrogen and oxygen atoms in total. The number of fused-ring (bicyclic) bond motifs is 4. The highest BCUT2D eigenvalue weighted by atomic mass is 19.1. The third-order valence-corrected chi connectivity index (χ3v) is 8.46. The Morgan fingerprint density at radius 1 is 1.05 bits per heavy atom. The van der Waals surface area contributed by atoms with Crippen LogP contribution in [0.25, 0.3) is 11.1 Å². The number of ether oxygens (including phenoxy) is 3. The van der Waals surface area contributed by atoms with E-state index >= 15 is 4.39 Å². The van der Waals surface area contributed by atoms with Crippen LogP contribution in [-0.2, 0) is 9.47 Å². The maximum Gasteiger partial charge on any atom is 0.407 e. The molecule has 7 rings (SSSR count). The number of nitrogens with zero attached hydrogens (tertiary/aromatic N) is 2. The van der Waals surface area contributed by atoms with Gasteiger partial charge < -0.3 is 24.4 Å². The van der Waals surface area contributed by atoms with Crippen LogP contribution < -0.4 is 15.0 Å². The van der Waals surface area contributed by atoms with Crippen molar-refractivity contribution in [1.29, 1.82) is 0 Å². The Morgan fingerprint density at radius 3 is 2.49 bits per heavy atom. The third kappa shape index (κ3) is 4.89. The Morgan fingerprint density at radius 2 is 1.78 bits per heavy atom. The summed E-state index contributed by atoms with van der Waals surface area (Å²) in [4.78, 5) is 17.4. The fourth-order valence-corrected chi connectivity index (χ4v) is 6.20. The molecular weight excluding hydrogens is 473 g/mol. The fraction of sp³-hybridized carbons (Fsp3) is 0.552. The first-order valence-corrected chi connectivity index (χ1v) is 13.5. The summed E-state index contributed by atoms with van der Waals surface area (Å²) < 4.78 is 32.5. The zero-order chi connectivity index (χ0) is 25.6. The van der Waals surface area contributed by atoms with E-state index in [0.29, 0.717) is 50.3 Å². The van der Waals surface area contributed by atoms with Crippen LogP contribution in [0.2, 0.25) is 0 Å². The monoisotopic (exact) mass is 509 g/mol. The minimum Gasteiger partial charge on any atom is -0.493 e. The van der Waals surface area contributed by atoms with E-state index in [1.165, 1.54) is 0 Å². The minimum absolute atomic E-state index is 0.0392. The SMILES string of the molecule is CC1(C)COc2cc(-c3ccc(N4CCOCC4)c(F)c3)ccc2C1NC(=O)O[C@@H]1CN2CCC1CC2. The predicted octanol–water partition coefficient (Wildman–Crippen LogP) is 4.61. The first-order valence-electron chi connectivity index (χ1n) is 13.5. The van der Waals surface area contributed by atoms with E-state index in [9.17, 15) is 4.79 Å². The van der Waals surface area contributed by atoms with Crippen LogP contribution in [0, 0.1) is 17.2 Å². The van der Waals surface area contributed by atoms with E-state index in [-0.39, 0.29) is 29.5 Å². The molecule has 2 atom stereocenters. The van der Waals surface area contributed by atoms with Gasteiger partial charge in [-0.05, 0) is 61.2 Å². The van der Waals surface area contributed by atoms with E-state index in [2.05, 4.69) is 24.1 Å². The Bertz CT molecular complexity index is 1160. The fourth-order valence-electron chi connectivity index (χ4n) is 6.20. The van der Waals surface area contributed by atoms with Gasteiger partial charge in [-0.25, -0.2) is 9.18 Å². The van der Waals surface area contributed by atoms with E-state index < -0.39 is 0 Å². The summed E-state index contributed by atoms with van der Waals surface area (Å²) in [5.74, 6) is 0.931. The molecule has 198 valence electrons. The van der Waals surface area contributed by atoms with Gasteiger partial charge >= 0.3 is 6.09 Å². The smallest absolute Gasteiger partial charge is 0.407 e. The topological polar surface area (TPSA) is 63.3 Å². The molecule has 0 saturated carbocycles. The van der Waals surface area contributed by atoms with Crippen LogP contribution in [0.1, 0.15) is 38.3 Å². The summed E-state index contributed by atoms with van der Waals surface area (Å²) in [6.07, 6.45) is 1.79. The summed E-state index contributed by atoms with van der Waals surface area (Å²) in [5.41, 5.74) is 2.87. The number of piperidine rings is 3. The van der Waals surface area contributed by atoms with Crippen molar-refractivity contribution in [2.24, 2.45) is 11.3 Å². The van der Waals surface area contributed by atoms with Crippen LogP contribution in [0.15, 0.2) is 36.4 Å². The first kappa shape index (κ1) is 24.5. The molecule has 1 amide bonds. The van der Waals surface area contributed by atoms with Crippen molar-refractivity contribution in [3.63, 3.8) is 0 Å². The van der Waals surface area contributed by atoms with Gasteiger partial charge in [0.05, 0.1) is 31.5 Å². The lowest BCUT2D eigenvalue weighted by molar-refractivity contribution is -0.0361. The number of alkyl carbamates (subject to hydrolysis) is 1. The van der Waals surface area contributed by atoms with Crippen molar-refractivity contribution in [2.45, 2.75) is 38.8 Å². The lowest BCUT2D eigenvalue weighted by Crippen LogP contribution is -2.53. The number of nitrogens with one attached hydrogen (secondary N) is 1. The molecule has 2 aromatic rings. The lowest BCUT2D eigenvalue weighted by atomic mass is 9.78. The number of halogens is 1. The Kier molecular flexibility index (Phi) is 6.49. The highest BCUT2D eigenvalue weighted by Gasteiger charge is 2.41. The summed E-state index contributed by atoms with van der Waals surface area (Å²) in [7, 11) is 0. The van der Waals surface area contributed by atoms with Crippen molar-refractivity contribution in [3.8, 4) is 16.9 Å². The Hall–Kier alpha value is -2.84. The number of benzene rings is 2. The van der Waals surface area contributed by atoms with Gasteiger partial charge in [0.25, 0.3) is 0 Å². The molecule has 1 N–H and O–H groups in total. The van der Waals surface area contributed by atoms with Gasteiger partial charge in [-0.1, -0.05) is 32.0 Å². The van der Waals surface area contributed by atoms with Crippen molar-refractivity contribution in [1.82, 2.24) is 10.2 Å². The van der Waals surface area contributed by atoms with E-state index in [1.807, 2.05) is 35.2 Å². The van der Waals surface area contributed by atoms with Gasteiger partial charge in [0.2, 0.25) is 0 Å². The zero-order valence-corrected chi connectivity index (χ0v) is 21.7. The molecule has 5 heterocycles. The largest absolute Gasteiger partial charge is 0.493 e. The normalized spacial score (nSPS) is 28.2. The molecule has 5 aliphatic rings. The molecular formula is C29H36FN3O4. The molecule has 0 aliphatic carbocycles. The molecule has 0 spiro atoms. The van der Waals surface area contributed by atoms with Crippen LogP contribution in [-0.4, -0.2) is 69.6 Å². The number of morpholine rings is 1. The minimum atomic E-state index is -0.366. The highest BCUT2D eigenvalue weighted by Crippen LogP contribution is 2.44. The predicted molar refractivity (Wildman–Crippen MR) is 139 cm³/mol. The second-order valence-corrected chi connectivity index (χ2v) is 11.5. The quantitative estimate of drug-likeness (QED) is 0.650. The van der Waals surface area contributed by atoms with Crippen LogP contribution in [0.3, 0.4) is 0 Å². The Balaban J connectivity index is 1.19. The molecule has 0 radical (unpaired) electrons. The van der Waals surface area contributed by atoms with Gasteiger partial charge in [0, 0.05) is 30.6 Å². The average Bonchev–Trinajstić information content (AvgIpc) is 2.91. The maximum atomic E-state index is 15.0. The number of amides is 1. The van der Waals surface area contributed by atoms with Crippen molar-refractivity contribution < 1.29 is 23.4 Å². The summed E-state index contributed by atoms with van der Waals surface area (Å²) in [5, 5.41) is 3.15. The van der Waals surface area contributed by atoms with Crippen LogP contribution in [0.5, 0.6) is 5.75 Å². The molecule has 8 heteroatoms. The number of anilines is 1. The number of carbonyl (C=O) groups is 1. The summed E-state index contributed by atoms with van der Waals surface area (Å²) in [6, 6.07) is 11.0. The highest BCUT2D eigenvalue weighted by molar-refractivity contribution is 5.71. The van der Waals surface area contributed by atoms with Gasteiger partial charge in [0.15, 0.2) is 0 Å². The molecule has 4 saturated heterocycles. The van der Waals surface area contributed by atoms with Crippen molar-refractivity contribution in [2.75, 3.05) is 57.4 Å². The van der Waals surface area contributed by atoms with Gasteiger partial charge in [-0.3, -0.25) is 4.90 Å². The maximum absolute atomic E-state index is 15.0. The second kappa shape index (κ2) is 9.80. The Labute approximate surface area is 217 Å². The van der Waals surface area contributed by atoms with Gasteiger partial charge in [-0.15, -0.1) is 0 Å². The zero-order valence-electron chi connectivity index (χ0n) is 21.7. The molecule has 1 unspecified atom stereocenters. The molecule has 0 aromatic heterocycles. The summed E-state index contributed by atoms with van der Waals surface area (Å²) >= 11 is 0. The van der Waals surface area contributed by atoms with Gasteiger partial charge in [0.1, 0.15) is 17.7 Å². The van der Waals surface area contributed by atoms with Gasteiger partial charge in [-0.2, -0.15) is 0 Å². The number of rotatable bonds is 4. The van der Waals surface area contributed by atoms with E-state index in [4.69, 9.17) is 14.2 Å². The standard InChI is InChI=1S/C29H36FN3O4/c1-29(2)18-36-25-16-21(20-4-6-24(23(30)15-20)33-11-13-35-14-12-33)3-5-22(25)27(29)31-28(34)37-26-17-32-9-7-19(26)8-10-32/h3-6,15-16,19,26-27H,7-14,17-18H2,1-2H3,(H,31,34)/t26-,27?/m1/s1. The lowest BCUT2D eigenvalue weighted by Gasteiger charge is -2.44. The second-order valence-electron chi connectivity index (χ2n) is 11.5. The third-order valence-electron chi connectivity index (χ3n) is 8.46. The number of hydrogen-bond donors (Lipinski definition) is 1. The number of hydrogen-bond acceptors (Lipinski definition) is 6. The van der Waals surface area contributed by atoms with Crippen molar-refractivity contribution in [3.05, 3.63) is 47.8 Å². The molecule has 37 heavy (non-hydrogen) atoms. The molecule has 4 fully saturated rings. The molecule has 2 bridgehead atoms. The van der Waals surface area contributed by atoms with E-state index in [0.717, 1.165) is 49.2 Å². The van der Waals surface area contributed by atoms with E-state index in [1.54, 1.807) is 6.07 Å². The first-order chi connectivity index (χ1) is 17.9. The van der Waals surface area contributed by atoms with Crippen molar-refractivity contribution >= 4 is 11.8 Å². The number of carbonyl (C=O) groups excluding carboxylic acids is 1. The van der Waals surface area contributed by atoms with Crippen LogP contribution >= 0.6 is 0 Å². The average molecular weight is 510 g/mol. The van der Waals surface area contributed by atoms with Crippen LogP contribution in [0.4, 0.5) is 14.9 Å². The molecule has 5 aliphatic heterocycles. The molecule has 2 aromatic carbocycles. The summed E-state index contributed by atoms with van der Waals surface area (Å²) in [6.45, 7) is 10.3.